The Morgan fingerprint density at radius 3 is 1.46 bits per heavy atom. The van der Waals surface area contributed by atoms with Crippen LogP contribution in [0, 0.1) is 0 Å². The highest BCUT2D eigenvalue weighted by atomic mass is 15.1. The van der Waals surface area contributed by atoms with Crippen LogP contribution in [0.2, 0.25) is 0 Å². The van der Waals surface area contributed by atoms with Crippen molar-refractivity contribution in [2.75, 3.05) is 4.90 Å². The fraction of sp³-hybridized carbons (Fsp3) is 0.379. The number of fused-ring (bicyclic) bond motifs is 3. The van der Waals surface area contributed by atoms with Crippen molar-refractivity contribution in [3.8, 4) is 22.3 Å². The normalized spacial score (nSPS) is 18.7. The number of benzene rings is 6. The van der Waals surface area contributed by atoms with Crippen molar-refractivity contribution < 1.29 is 0 Å². The SMILES string of the molecule is CC(C)(C)c1cc(-c2ccc(N(c3ccc(C4CCCCC4)cc3)c3ccc4c(c3)C(C)(c3ccc(C5CCCCC5)cc3)c3ccccc3-4)cc2)cc(C(C)(C)C)c1. The third-order valence-corrected chi connectivity index (χ3v) is 14.5. The Kier molecular flexibility index (Phi) is 10.5. The van der Waals surface area contributed by atoms with E-state index in [-0.39, 0.29) is 16.2 Å². The van der Waals surface area contributed by atoms with Crippen LogP contribution in [0.15, 0.2) is 133 Å². The summed E-state index contributed by atoms with van der Waals surface area (Å²) in [6.45, 7) is 16.4. The number of rotatable bonds is 7. The summed E-state index contributed by atoms with van der Waals surface area (Å²) in [6, 6.07) is 52.4. The summed E-state index contributed by atoms with van der Waals surface area (Å²) in [5.41, 5.74) is 18.6. The second-order valence-corrected chi connectivity index (χ2v) is 20.5. The molecule has 1 atom stereocenters. The molecule has 2 fully saturated rings. The summed E-state index contributed by atoms with van der Waals surface area (Å²) in [5, 5.41) is 0. The molecule has 1 heteroatoms. The van der Waals surface area contributed by atoms with Crippen molar-refractivity contribution in [3.05, 3.63) is 172 Å². The minimum absolute atomic E-state index is 0.0652. The van der Waals surface area contributed by atoms with Crippen molar-refractivity contribution in [1.29, 1.82) is 0 Å². The molecule has 0 aromatic heterocycles. The Morgan fingerprint density at radius 1 is 0.441 bits per heavy atom. The van der Waals surface area contributed by atoms with Gasteiger partial charge in [0.2, 0.25) is 0 Å². The Hall–Kier alpha value is -4.88. The van der Waals surface area contributed by atoms with Gasteiger partial charge in [0.1, 0.15) is 0 Å². The molecule has 302 valence electrons. The first-order chi connectivity index (χ1) is 28.4. The molecule has 59 heavy (non-hydrogen) atoms. The second-order valence-electron chi connectivity index (χ2n) is 20.5. The predicted octanol–water partition coefficient (Wildman–Crippen LogP) is 16.8. The monoisotopic (exact) mass is 776 g/mol. The quantitative estimate of drug-likeness (QED) is 0.156. The van der Waals surface area contributed by atoms with Crippen LogP contribution < -0.4 is 4.90 Å². The smallest absolute Gasteiger partial charge is 0.0465 e. The van der Waals surface area contributed by atoms with Crippen LogP contribution in [0.4, 0.5) is 17.1 Å². The number of hydrogen-bond donors (Lipinski definition) is 0. The molecule has 0 amide bonds. The van der Waals surface area contributed by atoms with Gasteiger partial charge >= 0.3 is 0 Å². The molecule has 1 unspecified atom stereocenters. The predicted molar refractivity (Wildman–Crippen MR) is 253 cm³/mol. The molecule has 0 spiro atoms. The van der Waals surface area contributed by atoms with E-state index in [1.54, 1.807) is 0 Å². The van der Waals surface area contributed by atoms with Gasteiger partial charge in [0.25, 0.3) is 0 Å². The van der Waals surface area contributed by atoms with Gasteiger partial charge in [-0.2, -0.15) is 0 Å². The first-order valence-corrected chi connectivity index (χ1v) is 22.9. The zero-order valence-corrected chi connectivity index (χ0v) is 36.9. The van der Waals surface area contributed by atoms with Crippen molar-refractivity contribution in [1.82, 2.24) is 0 Å². The van der Waals surface area contributed by atoms with Crippen LogP contribution in [0.3, 0.4) is 0 Å². The molecule has 0 bridgehead atoms. The van der Waals surface area contributed by atoms with Gasteiger partial charge in [-0.3, -0.25) is 0 Å². The van der Waals surface area contributed by atoms with E-state index in [2.05, 4.69) is 187 Å². The molecule has 0 aliphatic heterocycles. The number of nitrogens with zero attached hydrogens (tertiary/aromatic N) is 1. The van der Waals surface area contributed by atoms with Gasteiger partial charge in [0.05, 0.1) is 0 Å². The van der Waals surface area contributed by atoms with Crippen LogP contribution in [0.1, 0.15) is 163 Å². The topological polar surface area (TPSA) is 3.24 Å². The van der Waals surface area contributed by atoms with Gasteiger partial charge in [0.15, 0.2) is 0 Å². The van der Waals surface area contributed by atoms with Gasteiger partial charge in [-0.1, -0.05) is 177 Å². The molecule has 0 saturated heterocycles. The molecule has 0 N–H and O–H groups in total. The Labute approximate surface area is 355 Å². The van der Waals surface area contributed by atoms with E-state index < -0.39 is 0 Å². The molecule has 0 heterocycles. The molecule has 2 saturated carbocycles. The average Bonchev–Trinajstić information content (AvgIpc) is 3.52. The van der Waals surface area contributed by atoms with Gasteiger partial charge in [-0.25, -0.2) is 0 Å². The zero-order valence-electron chi connectivity index (χ0n) is 36.9. The molecule has 6 aromatic rings. The summed E-state index contributed by atoms with van der Waals surface area (Å²) in [5.74, 6) is 1.38. The summed E-state index contributed by atoms with van der Waals surface area (Å²) < 4.78 is 0. The van der Waals surface area contributed by atoms with Crippen molar-refractivity contribution >= 4 is 17.1 Å². The summed E-state index contributed by atoms with van der Waals surface area (Å²) >= 11 is 0. The second kappa shape index (κ2) is 15.6. The van der Waals surface area contributed by atoms with E-state index in [0.717, 1.165) is 0 Å². The van der Waals surface area contributed by atoms with Gasteiger partial charge in [-0.15, -0.1) is 0 Å². The molecule has 1 nitrogen and oxygen atoms in total. The molecular weight excluding hydrogens is 711 g/mol. The summed E-state index contributed by atoms with van der Waals surface area (Å²) in [7, 11) is 0. The minimum atomic E-state index is -0.268. The highest BCUT2D eigenvalue weighted by Gasteiger charge is 2.41. The Morgan fingerprint density at radius 2 is 0.915 bits per heavy atom. The lowest BCUT2D eigenvalue weighted by molar-refractivity contribution is 0.443. The fourth-order valence-corrected chi connectivity index (χ4v) is 10.7. The first kappa shape index (κ1) is 39.6. The minimum Gasteiger partial charge on any atom is -0.310 e. The van der Waals surface area contributed by atoms with Crippen LogP contribution in [-0.4, -0.2) is 0 Å². The van der Waals surface area contributed by atoms with Crippen LogP contribution >= 0.6 is 0 Å². The standard InChI is InChI=1S/C58H65N/c1-56(2,3)47-36-45(37-48(38-47)57(4,5)6)44-26-32-50(33-27-44)59(49-30-24-43(25-31-49)41-18-12-9-13-19-41)51-34-35-53-52-20-14-15-21-54(52)58(7,55(53)39-51)46-28-22-42(23-29-46)40-16-10-8-11-17-40/h14-15,20-41H,8-13,16-19H2,1-7H3. The van der Waals surface area contributed by atoms with Crippen LogP contribution in [-0.2, 0) is 16.2 Å². The van der Waals surface area contributed by atoms with E-state index in [1.165, 1.54) is 142 Å². The molecular formula is C58H65N. The van der Waals surface area contributed by atoms with Gasteiger partial charge < -0.3 is 4.90 Å². The molecule has 3 aliphatic rings. The average molecular weight is 776 g/mol. The third-order valence-electron chi connectivity index (χ3n) is 14.5. The van der Waals surface area contributed by atoms with Crippen molar-refractivity contribution in [2.45, 2.75) is 141 Å². The van der Waals surface area contributed by atoms with Crippen molar-refractivity contribution in [3.63, 3.8) is 0 Å². The number of anilines is 3. The summed E-state index contributed by atoms with van der Waals surface area (Å²) in [4.78, 5) is 2.50. The Balaban J connectivity index is 1.14. The van der Waals surface area contributed by atoms with Crippen molar-refractivity contribution in [2.24, 2.45) is 0 Å². The van der Waals surface area contributed by atoms with Gasteiger partial charge in [0, 0.05) is 22.5 Å². The van der Waals surface area contributed by atoms with E-state index >= 15 is 0 Å². The third kappa shape index (κ3) is 7.60. The largest absolute Gasteiger partial charge is 0.310 e. The van der Waals surface area contributed by atoms with Crippen LogP contribution in [0.25, 0.3) is 22.3 Å². The molecule has 0 radical (unpaired) electrons. The Bertz CT molecular complexity index is 2370. The van der Waals surface area contributed by atoms with Crippen LogP contribution in [0.5, 0.6) is 0 Å². The summed E-state index contributed by atoms with van der Waals surface area (Å²) in [6.07, 6.45) is 13.4. The van der Waals surface area contributed by atoms with E-state index in [1.807, 2.05) is 0 Å². The molecule has 9 rings (SSSR count). The maximum Gasteiger partial charge on any atom is 0.0465 e. The lowest BCUT2D eigenvalue weighted by atomic mass is 9.73. The zero-order chi connectivity index (χ0) is 40.9. The maximum atomic E-state index is 2.51. The molecule has 3 aliphatic carbocycles. The lowest BCUT2D eigenvalue weighted by Crippen LogP contribution is -2.23. The van der Waals surface area contributed by atoms with E-state index in [4.69, 9.17) is 0 Å². The van der Waals surface area contributed by atoms with E-state index in [0.29, 0.717) is 11.8 Å². The highest BCUT2D eigenvalue weighted by molar-refractivity contribution is 5.87. The maximum absolute atomic E-state index is 2.51. The lowest BCUT2D eigenvalue weighted by Gasteiger charge is -2.31. The van der Waals surface area contributed by atoms with Gasteiger partial charge in [-0.05, 0) is 153 Å². The van der Waals surface area contributed by atoms with E-state index in [9.17, 15) is 0 Å². The molecule has 6 aromatic carbocycles. The first-order valence-electron chi connectivity index (χ1n) is 22.9. The number of hydrogen-bond acceptors (Lipinski definition) is 1. The highest BCUT2D eigenvalue weighted by Crippen LogP contribution is 2.54. The fourth-order valence-electron chi connectivity index (χ4n) is 10.7.